The average molecular weight is 188 g/mol. The van der Waals surface area contributed by atoms with Crippen molar-refractivity contribution in [3.05, 3.63) is 0 Å². The molecule has 4 N–H and O–H groups in total. The lowest BCUT2D eigenvalue weighted by Gasteiger charge is -1.72. The average Bonchev–Trinajstić information content (AvgIpc) is 1.37. The number of nitrogens with one attached hydrogen (secondary N) is 1. The van der Waals surface area contributed by atoms with Crippen LogP contribution in [0.1, 0.15) is 6.92 Å². The molecule has 0 aromatic heterocycles. The van der Waals surface area contributed by atoms with E-state index in [9.17, 15) is 0 Å². The smallest absolute Gasteiger partial charge is 0.0415 e. The molecule has 0 saturated carbocycles. The minimum Gasteiger partial charge on any atom is -1.00 e. The Hall–Kier alpha value is 0.650. The summed E-state index contributed by atoms with van der Waals surface area (Å²) < 4.78 is 0. The number of quaternary nitrogens is 1. The first-order chi connectivity index (χ1) is 1.91. The van der Waals surface area contributed by atoms with Crippen molar-refractivity contribution >= 4 is 0 Å². The molecule has 2 nitrogen and oxygen atoms in total. The molecule has 0 radical (unpaired) electrons. The highest BCUT2D eigenvalue weighted by Gasteiger charge is 1.54. The molecule has 5 heavy (non-hydrogen) atoms. The molecular formula is C2H9IN2. The molecule has 3 heteroatoms. The second-order valence-corrected chi connectivity index (χ2v) is 0.604. The monoisotopic (exact) mass is 188 g/mol. The molecule has 0 aliphatic rings. The Bertz CT molecular complexity index is 9.61. The lowest BCUT2D eigenvalue weighted by atomic mass is 10.8. The standard InChI is InChI=1S/C2H8N2.HI/c1-2-4-3;/h4H,2-3H2,1H3;1H. The first kappa shape index (κ1) is 9.17. The molecule has 0 saturated heterocycles. The number of rotatable bonds is 1. The van der Waals surface area contributed by atoms with E-state index in [-0.39, 0.29) is 24.0 Å². The quantitative estimate of drug-likeness (QED) is 0.317. The van der Waals surface area contributed by atoms with Crippen molar-refractivity contribution in [2.24, 2.45) is 0 Å². The van der Waals surface area contributed by atoms with Gasteiger partial charge in [-0.25, -0.2) is 0 Å². The van der Waals surface area contributed by atoms with Crippen LogP contribution in [0.4, 0.5) is 0 Å². The van der Waals surface area contributed by atoms with Crippen LogP contribution in [0.15, 0.2) is 0 Å². The van der Waals surface area contributed by atoms with Gasteiger partial charge < -0.3 is 24.0 Å². The van der Waals surface area contributed by atoms with Gasteiger partial charge in [-0.3, -0.25) is 5.84 Å². The van der Waals surface area contributed by atoms with Gasteiger partial charge in [0.15, 0.2) is 0 Å². The van der Waals surface area contributed by atoms with Crippen LogP contribution in [0, 0.1) is 0 Å². The maximum Gasteiger partial charge on any atom is 0.0415 e. The second kappa shape index (κ2) is 8.82. The topological polar surface area (TPSA) is 39.7 Å². The fourth-order valence-corrected chi connectivity index (χ4v) is 0. The summed E-state index contributed by atoms with van der Waals surface area (Å²) in [6, 6.07) is 0. The molecule has 0 heterocycles. The molecule has 0 aromatic rings. The van der Waals surface area contributed by atoms with Crippen molar-refractivity contribution in [2.45, 2.75) is 6.92 Å². The summed E-state index contributed by atoms with van der Waals surface area (Å²) in [5.74, 6) is 3.35. The summed E-state index contributed by atoms with van der Waals surface area (Å²) in [6.07, 6.45) is 0. The number of halogens is 1. The van der Waals surface area contributed by atoms with Gasteiger partial charge >= 0.3 is 0 Å². The Morgan fingerprint density at radius 3 is 2.00 bits per heavy atom. The molecule has 0 amide bonds. The van der Waals surface area contributed by atoms with Gasteiger partial charge in [-0.2, -0.15) is 5.43 Å². The fourth-order valence-electron chi connectivity index (χ4n) is 0. The first-order valence-corrected chi connectivity index (χ1v) is 1.41. The van der Waals surface area contributed by atoms with Gasteiger partial charge in [-0.05, 0) is 6.92 Å². The normalized spacial score (nSPS) is 6.00. The molecule has 0 bridgehead atoms. The van der Waals surface area contributed by atoms with Crippen molar-refractivity contribution in [3.63, 3.8) is 0 Å². The second-order valence-electron chi connectivity index (χ2n) is 0.604. The summed E-state index contributed by atoms with van der Waals surface area (Å²) in [6.45, 7) is 2.97. The summed E-state index contributed by atoms with van der Waals surface area (Å²) in [4.78, 5) is 0. The van der Waals surface area contributed by atoms with Crippen molar-refractivity contribution in [2.75, 3.05) is 6.54 Å². The predicted octanol–water partition coefficient (Wildman–Crippen LogP) is -4.24. The molecular weight excluding hydrogens is 179 g/mol. The highest BCUT2D eigenvalue weighted by molar-refractivity contribution is 4.03. The van der Waals surface area contributed by atoms with Crippen LogP contribution in [0.5, 0.6) is 0 Å². The molecule has 0 fully saturated rings. The van der Waals surface area contributed by atoms with Crippen LogP contribution in [0.2, 0.25) is 0 Å². The van der Waals surface area contributed by atoms with Crippen LogP contribution in [-0.2, 0) is 0 Å². The maximum absolute atomic E-state index is 3.35. The van der Waals surface area contributed by atoms with E-state index in [4.69, 9.17) is 0 Å². The fraction of sp³-hybridized carbons (Fsp3) is 1.00. The van der Waals surface area contributed by atoms with Crippen LogP contribution >= 0.6 is 0 Å². The zero-order chi connectivity index (χ0) is 3.41. The van der Waals surface area contributed by atoms with Gasteiger partial charge in [0.05, 0.1) is 0 Å². The Morgan fingerprint density at radius 2 is 2.00 bits per heavy atom. The molecule has 0 rings (SSSR count). The van der Waals surface area contributed by atoms with E-state index < -0.39 is 0 Å². The lowest BCUT2D eigenvalue weighted by molar-refractivity contribution is -0.441. The highest BCUT2D eigenvalue weighted by atomic mass is 127. The SMILES string of the molecule is CCN[NH3+].[I-]. The van der Waals surface area contributed by atoms with Crippen LogP contribution in [0.25, 0.3) is 0 Å². The van der Waals surface area contributed by atoms with Gasteiger partial charge in [0.1, 0.15) is 0 Å². The predicted molar refractivity (Wildman–Crippen MR) is 16.6 cm³/mol. The van der Waals surface area contributed by atoms with Crippen LogP contribution in [-0.4, -0.2) is 6.54 Å². The highest BCUT2D eigenvalue weighted by Crippen LogP contribution is 1.28. The third-order valence-electron chi connectivity index (χ3n) is 0.250. The van der Waals surface area contributed by atoms with Crippen molar-refractivity contribution < 1.29 is 29.8 Å². The molecule has 0 atom stereocenters. The Morgan fingerprint density at radius 1 is 1.80 bits per heavy atom. The third kappa shape index (κ3) is 12.0. The summed E-state index contributed by atoms with van der Waals surface area (Å²) in [5.41, 5.74) is 2.68. The third-order valence-corrected chi connectivity index (χ3v) is 0.250. The summed E-state index contributed by atoms with van der Waals surface area (Å²) in [7, 11) is 0. The van der Waals surface area contributed by atoms with Crippen molar-refractivity contribution in [3.8, 4) is 0 Å². The molecule has 0 spiro atoms. The Labute approximate surface area is 49.1 Å². The maximum atomic E-state index is 3.35. The largest absolute Gasteiger partial charge is 1.00 e. The van der Waals surface area contributed by atoms with E-state index in [1.54, 1.807) is 0 Å². The summed E-state index contributed by atoms with van der Waals surface area (Å²) in [5, 5.41) is 0. The van der Waals surface area contributed by atoms with E-state index in [0.29, 0.717) is 0 Å². The van der Waals surface area contributed by atoms with Crippen molar-refractivity contribution in [1.29, 1.82) is 0 Å². The van der Waals surface area contributed by atoms with Gasteiger partial charge in [0.25, 0.3) is 0 Å². The molecule has 0 aromatic carbocycles. The molecule has 0 aliphatic heterocycles. The zero-order valence-corrected chi connectivity index (χ0v) is 5.45. The Kier molecular flexibility index (Phi) is 16.2. The van der Waals surface area contributed by atoms with Crippen LogP contribution < -0.4 is 35.2 Å². The van der Waals surface area contributed by atoms with E-state index in [2.05, 4.69) is 11.3 Å². The minimum atomic E-state index is 0. The summed E-state index contributed by atoms with van der Waals surface area (Å²) >= 11 is 0. The van der Waals surface area contributed by atoms with Crippen LogP contribution in [0.3, 0.4) is 0 Å². The van der Waals surface area contributed by atoms with Gasteiger partial charge in [0, 0.05) is 6.54 Å². The molecule has 34 valence electrons. The van der Waals surface area contributed by atoms with Gasteiger partial charge in [-0.1, -0.05) is 0 Å². The molecule has 0 aliphatic carbocycles. The van der Waals surface area contributed by atoms with Gasteiger partial charge in [-0.15, -0.1) is 0 Å². The van der Waals surface area contributed by atoms with Gasteiger partial charge in [0.2, 0.25) is 0 Å². The minimum absolute atomic E-state index is 0. The molecule has 0 unspecified atom stereocenters. The first-order valence-electron chi connectivity index (χ1n) is 1.41. The van der Waals surface area contributed by atoms with E-state index in [1.807, 2.05) is 6.92 Å². The van der Waals surface area contributed by atoms with E-state index in [1.165, 1.54) is 0 Å². The number of hydrogen-bond donors (Lipinski definition) is 2. The zero-order valence-electron chi connectivity index (χ0n) is 3.29. The van der Waals surface area contributed by atoms with E-state index in [0.717, 1.165) is 6.54 Å². The number of hydrogen-bond acceptors (Lipinski definition) is 1. The lowest BCUT2D eigenvalue weighted by Crippen LogP contribution is -3.00. The Balaban J connectivity index is 0. The van der Waals surface area contributed by atoms with E-state index >= 15 is 0 Å². The van der Waals surface area contributed by atoms with Crippen molar-refractivity contribution in [1.82, 2.24) is 5.43 Å².